The standard InChI is InChI=1S/C19H25BN6O/c20-15-11-23-26-18(22-10-13-4-3-7-21-9-13)8-17(25-19(15)26)24-16-6-2-1-5-14(16)12-27/h3-4,7-9,11,14,16,22,27H,1-2,5-6,10,12,20H2,(H,24,25)/t14-,16-/m1/s1. The van der Waals surface area contributed by atoms with Crippen molar-refractivity contribution in [3.63, 3.8) is 0 Å². The lowest BCUT2D eigenvalue weighted by Gasteiger charge is -2.31. The molecule has 3 aromatic rings. The predicted octanol–water partition coefficient (Wildman–Crippen LogP) is 0.958. The van der Waals surface area contributed by atoms with Crippen LogP contribution in [-0.2, 0) is 6.54 Å². The van der Waals surface area contributed by atoms with Gasteiger partial charge in [-0.1, -0.05) is 18.9 Å². The predicted molar refractivity (Wildman–Crippen MR) is 109 cm³/mol. The van der Waals surface area contributed by atoms with Crippen LogP contribution in [0.15, 0.2) is 36.8 Å². The molecule has 27 heavy (non-hydrogen) atoms. The molecule has 1 aliphatic rings. The second-order valence-electron chi connectivity index (χ2n) is 7.28. The molecular weight excluding hydrogens is 339 g/mol. The third kappa shape index (κ3) is 3.90. The van der Waals surface area contributed by atoms with Crippen LogP contribution in [0.1, 0.15) is 31.2 Å². The Morgan fingerprint density at radius 2 is 2.15 bits per heavy atom. The van der Waals surface area contributed by atoms with Crippen molar-refractivity contribution in [1.82, 2.24) is 19.6 Å². The fraction of sp³-hybridized carbons (Fsp3) is 0.421. The zero-order chi connectivity index (χ0) is 18.6. The Kier molecular flexibility index (Phi) is 5.24. The van der Waals surface area contributed by atoms with Gasteiger partial charge in [-0.05, 0) is 29.9 Å². The second-order valence-corrected chi connectivity index (χ2v) is 7.28. The SMILES string of the molecule is Bc1cnn2c(NCc3cccnc3)cc(N[C@@H]3CCCC[C@@H]3CO)nc12. The summed E-state index contributed by atoms with van der Waals surface area (Å²) in [5.74, 6) is 2.00. The zero-order valence-corrected chi connectivity index (χ0v) is 15.6. The molecule has 1 fully saturated rings. The molecule has 0 aromatic carbocycles. The number of pyridine rings is 1. The molecule has 0 amide bonds. The van der Waals surface area contributed by atoms with Gasteiger partial charge in [0.2, 0.25) is 0 Å². The van der Waals surface area contributed by atoms with Gasteiger partial charge >= 0.3 is 0 Å². The minimum absolute atomic E-state index is 0.220. The summed E-state index contributed by atoms with van der Waals surface area (Å²) in [4.78, 5) is 8.93. The third-order valence-electron chi connectivity index (χ3n) is 5.32. The van der Waals surface area contributed by atoms with E-state index in [2.05, 4.69) is 20.7 Å². The number of rotatable bonds is 6. The van der Waals surface area contributed by atoms with Crippen molar-refractivity contribution < 1.29 is 5.11 Å². The Labute approximate surface area is 159 Å². The van der Waals surface area contributed by atoms with Gasteiger partial charge in [0, 0.05) is 49.8 Å². The minimum atomic E-state index is 0.220. The van der Waals surface area contributed by atoms with E-state index in [0.29, 0.717) is 6.54 Å². The first-order valence-electron chi connectivity index (χ1n) is 9.60. The Morgan fingerprint density at radius 3 is 2.96 bits per heavy atom. The number of aromatic nitrogens is 4. The molecule has 0 unspecified atom stereocenters. The number of nitrogens with zero attached hydrogens (tertiary/aromatic N) is 4. The molecule has 3 aromatic heterocycles. The van der Waals surface area contributed by atoms with Crippen LogP contribution in [0.5, 0.6) is 0 Å². The third-order valence-corrected chi connectivity index (χ3v) is 5.32. The van der Waals surface area contributed by atoms with Crippen molar-refractivity contribution in [2.75, 3.05) is 17.2 Å². The highest BCUT2D eigenvalue weighted by molar-refractivity contribution is 6.36. The molecular formula is C19H25BN6O. The normalized spacial score (nSPS) is 19.9. The maximum absolute atomic E-state index is 9.69. The van der Waals surface area contributed by atoms with Gasteiger partial charge < -0.3 is 15.7 Å². The second kappa shape index (κ2) is 7.96. The van der Waals surface area contributed by atoms with E-state index in [1.807, 2.05) is 43.0 Å². The monoisotopic (exact) mass is 364 g/mol. The number of nitrogens with one attached hydrogen (secondary N) is 2. The lowest BCUT2D eigenvalue weighted by Crippen LogP contribution is -2.34. The molecule has 2 atom stereocenters. The maximum Gasteiger partial charge on any atom is 0.153 e. The zero-order valence-electron chi connectivity index (χ0n) is 15.6. The summed E-state index contributed by atoms with van der Waals surface area (Å²) in [5, 5.41) is 21.2. The molecule has 3 N–H and O–H groups in total. The summed E-state index contributed by atoms with van der Waals surface area (Å²) in [7, 11) is 2.02. The molecule has 8 heteroatoms. The van der Waals surface area contributed by atoms with E-state index in [4.69, 9.17) is 4.98 Å². The van der Waals surface area contributed by atoms with Crippen LogP contribution >= 0.6 is 0 Å². The van der Waals surface area contributed by atoms with Gasteiger partial charge in [0.1, 0.15) is 19.5 Å². The average molecular weight is 364 g/mol. The van der Waals surface area contributed by atoms with E-state index in [1.54, 1.807) is 6.20 Å². The van der Waals surface area contributed by atoms with Gasteiger partial charge in [-0.2, -0.15) is 9.61 Å². The first kappa shape index (κ1) is 17.8. The van der Waals surface area contributed by atoms with E-state index < -0.39 is 0 Å². The smallest absolute Gasteiger partial charge is 0.153 e. The molecule has 0 spiro atoms. The number of anilines is 2. The van der Waals surface area contributed by atoms with Crippen LogP contribution in [0.4, 0.5) is 11.6 Å². The lowest BCUT2D eigenvalue weighted by molar-refractivity contribution is 0.178. The molecule has 3 heterocycles. The highest BCUT2D eigenvalue weighted by atomic mass is 16.3. The van der Waals surface area contributed by atoms with E-state index >= 15 is 0 Å². The highest BCUT2D eigenvalue weighted by Gasteiger charge is 2.25. The summed E-state index contributed by atoms with van der Waals surface area (Å²) < 4.78 is 1.83. The summed E-state index contributed by atoms with van der Waals surface area (Å²) >= 11 is 0. The van der Waals surface area contributed by atoms with Gasteiger partial charge in [0.25, 0.3) is 0 Å². The highest BCUT2D eigenvalue weighted by Crippen LogP contribution is 2.27. The van der Waals surface area contributed by atoms with Crippen molar-refractivity contribution in [3.8, 4) is 0 Å². The van der Waals surface area contributed by atoms with Crippen LogP contribution in [0.25, 0.3) is 5.65 Å². The van der Waals surface area contributed by atoms with Crippen molar-refractivity contribution >= 4 is 30.6 Å². The van der Waals surface area contributed by atoms with Crippen LogP contribution < -0.4 is 16.1 Å². The van der Waals surface area contributed by atoms with Crippen LogP contribution in [0.2, 0.25) is 0 Å². The minimum Gasteiger partial charge on any atom is -0.396 e. The van der Waals surface area contributed by atoms with E-state index in [1.165, 1.54) is 12.8 Å². The van der Waals surface area contributed by atoms with E-state index in [0.717, 1.165) is 41.2 Å². The summed E-state index contributed by atoms with van der Waals surface area (Å²) in [5.41, 5.74) is 2.98. The molecule has 0 aliphatic heterocycles. The van der Waals surface area contributed by atoms with Crippen LogP contribution in [0.3, 0.4) is 0 Å². The molecule has 1 aliphatic carbocycles. The number of aliphatic hydroxyl groups excluding tert-OH is 1. The van der Waals surface area contributed by atoms with Crippen LogP contribution in [0, 0.1) is 5.92 Å². The molecule has 0 bridgehead atoms. The molecule has 4 rings (SSSR count). The number of fused-ring (bicyclic) bond motifs is 1. The van der Waals surface area contributed by atoms with Crippen LogP contribution in [-0.4, -0.2) is 45.2 Å². The summed E-state index contributed by atoms with van der Waals surface area (Å²) in [6, 6.07) is 6.23. The van der Waals surface area contributed by atoms with Crippen molar-refractivity contribution in [2.45, 2.75) is 38.3 Å². The molecule has 140 valence electrons. The number of hydrogen-bond donors (Lipinski definition) is 3. The fourth-order valence-corrected chi connectivity index (χ4v) is 3.77. The molecule has 0 radical (unpaired) electrons. The van der Waals surface area contributed by atoms with Crippen molar-refractivity contribution in [3.05, 3.63) is 42.4 Å². The molecule has 7 nitrogen and oxygen atoms in total. The van der Waals surface area contributed by atoms with E-state index in [9.17, 15) is 5.11 Å². The summed E-state index contributed by atoms with van der Waals surface area (Å²) in [6.07, 6.45) is 9.97. The van der Waals surface area contributed by atoms with Crippen molar-refractivity contribution in [2.24, 2.45) is 5.92 Å². The first-order chi connectivity index (χ1) is 13.2. The van der Waals surface area contributed by atoms with Crippen molar-refractivity contribution in [1.29, 1.82) is 0 Å². The van der Waals surface area contributed by atoms with Gasteiger partial charge in [-0.15, -0.1) is 0 Å². The Balaban J connectivity index is 1.60. The topological polar surface area (TPSA) is 87.4 Å². The quantitative estimate of drug-likeness (QED) is 0.565. The largest absolute Gasteiger partial charge is 0.396 e. The Bertz CT molecular complexity index is 900. The number of hydrogen-bond acceptors (Lipinski definition) is 6. The number of aliphatic hydroxyl groups is 1. The van der Waals surface area contributed by atoms with Gasteiger partial charge in [-0.3, -0.25) is 4.98 Å². The first-order valence-corrected chi connectivity index (χ1v) is 9.60. The Hall–Kier alpha value is -2.61. The molecule has 0 saturated heterocycles. The maximum atomic E-state index is 9.69. The lowest BCUT2D eigenvalue weighted by atomic mass is 9.85. The summed E-state index contributed by atoms with van der Waals surface area (Å²) in [6.45, 7) is 0.881. The molecule has 1 saturated carbocycles. The van der Waals surface area contributed by atoms with Gasteiger partial charge in [0.05, 0.1) is 0 Å². The Morgan fingerprint density at radius 1 is 1.26 bits per heavy atom. The fourth-order valence-electron chi connectivity index (χ4n) is 3.77. The van der Waals surface area contributed by atoms with E-state index in [-0.39, 0.29) is 18.6 Å². The van der Waals surface area contributed by atoms with Gasteiger partial charge in [-0.25, -0.2) is 4.98 Å². The average Bonchev–Trinajstić information content (AvgIpc) is 3.08. The van der Waals surface area contributed by atoms with Gasteiger partial charge in [0.15, 0.2) is 5.65 Å².